The number of aryl methyl sites for hydroxylation is 1. The van der Waals surface area contributed by atoms with Crippen molar-refractivity contribution in [1.29, 1.82) is 0 Å². The van der Waals surface area contributed by atoms with Crippen molar-refractivity contribution in [3.05, 3.63) is 35.9 Å². The molecule has 2 aliphatic rings. The fourth-order valence-electron chi connectivity index (χ4n) is 4.78. The zero-order valence-electron chi connectivity index (χ0n) is 13.0. The lowest BCUT2D eigenvalue weighted by Crippen LogP contribution is -2.33. The number of carbonyl (C=O) groups is 1. The summed E-state index contributed by atoms with van der Waals surface area (Å²) in [4.78, 5) is 12.7. The van der Waals surface area contributed by atoms with E-state index in [1.54, 1.807) is 0 Å². The van der Waals surface area contributed by atoms with E-state index in [2.05, 4.69) is 51.1 Å². The molecule has 1 heteroatoms. The molecule has 0 amide bonds. The van der Waals surface area contributed by atoms with Crippen LogP contribution >= 0.6 is 0 Å². The Hall–Kier alpha value is -1.11. The number of hydrogen-bond acceptors (Lipinski definition) is 1. The first-order chi connectivity index (χ1) is 9.47. The molecule has 108 valence electrons. The van der Waals surface area contributed by atoms with Crippen LogP contribution in [0.5, 0.6) is 0 Å². The molecule has 0 N–H and O–H groups in total. The highest BCUT2D eigenvalue weighted by Gasteiger charge is 2.65. The summed E-state index contributed by atoms with van der Waals surface area (Å²) in [6.07, 6.45) is 5.69. The zero-order chi connectivity index (χ0) is 14.4. The van der Waals surface area contributed by atoms with Crippen LogP contribution in [0.15, 0.2) is 30.3 Å². The molecule has 1 nitrogen and oxygen atoms in total. The van der Waals surface area contributed by atoms with Crippen LogP contribution in [-0.4, -0.2) is 5.78 Å². The van der Waals surface area contributed by atoms with Crippen LogP contribution in [0.1, 0.15) is 52.0 Å². The molecule has 20 heavy (non-hydrogen) atoms. The Morgan fingerprint density at radius 1 is 1.15 bits per heavy atom. The highest BCUT2D eigenvalue weighted by molar-refractivity contribution is 5.91. The molecule has 2 aliphatic carbocycles. The highest BCUT2D eigenvalue weighted by atomic mass is 16.1. The first-order valence-corrected chi connectivity index (χ1v) is 8.05. The van der Waals surface area contributed by atoms with Crippen molar-refractivity contribution in [2.75, 3.05) is 0 Å². The first kappa shape index (κ1) is 13.9. The maximum absolute atomic E-state index is 12.7. The second kappa shape index (κ2) is 4.72. The molecule has 0 saturated heterocycles. The fourth-order valence-corrected chi connectivity index (χ4v) is 4.78. The summed E-state index contributed by atoms with van der Waals surface area (Å²) >= 11 is 0. The fraction of sp³-hybridized carbons (Fsp3) is 0.632. The molecule has 2 fully saturated rings. The second-order valence-corrected chi connectivity index (χ2v) is 7.55. The van der Waals surface area contributed by atoms with Gasteiger partial charge in [0.05, 0.1) is 0 Å². The number of Topliss-reactive ketones (excluding diaryl/α,β-unsaturated/α-hetero) is 1. The van der Waals surface area contributed by atoms with Crippen molar-refractivity contribution < 1.29 is 4.79 Å². The van der Waals surface area contributed by atoms with E-state index in [1.165, 1.54) is 12.0 Å². The van der Waals surface area contributed by atoms with Crippen molar-refractivity contribution in [1.82, 2.24) is 0 Å². The van der Waals surface area contributed by atoms with Crippen molar-refractivity contribution in [3.63, 3.8) is 0 Å². The number of ketones is 1. The molecule has 0 heterocycles. The molecule has 0 spiro atoms. The minimum Gasteiger partial charge on any atom is -0.299 e. The van der Waals surface area contributed by atoms with E-state index in [4.69, 9.17) is 0 Å². The van der Waals surface area contributed by atoms with Gasteiger partial charge in [0.2, 0.25) is 0 Å². The monoisotopic (exact) mass is 270 g/mol. The van der Waals surface area contributed by atoms with Crippen LogP contribution in [0.3, 0.4) is 0 Å². The average Bonchev–Trinajstić information content (AvgIpc) is 2.74. The third-order valence-corrected chi connectivity index (χ3v) is 6.49. The van der Waals surface area contributed by atoms with Gasteiger partial charge in [0, 0.05) is 11.3 Å². The van der Waals surface area contributed by atoms with Gasteiger partial charge in [-0.25, -0.2) is 0 Å². The molecule has 0 aliphatic heterocycles. The smallest absolute Gasteiger partial charge is 0.142 e. The van der Waals surface area contributed by atoms with Gasteiger partial charge in [-0.05, 0) is 49.0 Å². The Kier molecular flexibility index (Phi) is 3.27. The van der Waals surface area contributed by atoms with Gasteiger partial charge in [-0.2, -0.15) is 0 Å². The lowest BCUT2D eigenvalue weighted by Gasteiger charge is -2.32. The minimum atomic E-state index is -0.0465. The topological polar surface area (TPSA) is 17.1 Å². The summed E-state index contributed by atoms with van der Waals surface area (Å²) < 4.78 is 0. The molecule has 0 unspecified atom stereocenters. The molecule has 2 saturated carbocycles. The van der Waals surface area contributed by atoms with Crippen molar-refractivity contribution in [3.8, 4) is 0 Å². The lowest BCUT2D eigenvalue weighted by molar-refractivity contribution is -0.131. The maximum Gasteiger partial charge on any atom is 0.142 e. The number of carbonyl (C=O) groups excluding carboxylic acids is 1. The quantitative estimate of drug-likeness (QED) is 0.778. The van der Waals surface area contributed by atoms with Crippen LogP contribution in [-0.2, 0) is 11.2 Å². The molecule has 0 radical (unpaired) electrons. The van der Waals surface area contributed by atoms with Crippen LogP contribution in [0, 0.1) is 22.7 Å². The number of benzene rings is 1. The maximum atomic E-state index is 12.7. The summed E-state index contributed by atoms with van der Waals surface area (Å²) in [5.41, 5.74) is 1.56. The molecule has 0 aromatic heterocycles. The first-order valence-electron chi connectivity index (χ1n) is 8.05. The van der Waals surface area contributed by atoms with Crippen LogP contribution < -0.4 is 0 Å². The van der Waals surface area contributed by atoms with Crippen molar-refractivity contribution in [2.45, 2.75) is 52.9 Å². The SMILES string of the molecule is CC1(C)[C@H]2CC[C@@]1(C)C(=O)[C@@H]2CCCc1ccccc1. The van der Waals surface area contributed by atoms with E-state index in [-0.39, 0.29) is 10.8 Å². The van der Waals surface area contributed by atoms with E-state index < -0.39 is 0 Å². The van der Waals surface area contributed by atoms with Gasteiger partial charge in [-0.3, -0.25) is 4.79 Å². The average molecular weight is 270 g/mol. The summed E-state index contributed by atoms with van der Waals surface area (Å²) in [6.45, 7) is 6.85. The Balaban J connectivity index is 1.64. The molecule has 2 bridgehead atoms. The molecule has 1 aromatic rings. The third kappa shape index (κ3) is 1.86. The van der Waals surface area contributed by atoms with Crippen LogP contribution in [0.25, 0.3) is 0 Å². The van der Waals surface area contributed by atoms with Gasteiger partial charge >= 0.3 is 0 Å². The van der Waals surface area contributed by atoms with Crippen molar-refractivity contribution >= 4 is 5.78 Å². The minimum absolute atomic E-state index is 0.0465. The number of hydrogen-bond donors (Lipinski definition) is 0. The third-order valence-electron chi connectivity index (χ3n) is 6.49. The van der Waals surface area contributed by atoms with Gasteiger partial charge in [-0.1, -0.05) is 51.1 Å². The zero-order valence-corrected chi connectivity index (χ0v) is 13.0. The molecule has 3 rings (SSSR count). The van der Waals surface area contributed by atoms with E-state index in [0.717, 1.165) is 25.7 Å². The highest BCUT2D eigenvalue weighted by Crippen LogP contribution is 2.66. The van der Waals surface area contributed by atoms with Gasteiger partial charge in [0.25, 0.3) is 0 Å². The van der Waals surface area contributed by atoms with Gasteiger partial charge in [0.15, 0.2) is 0 Å². The Morgan fingerprint density at radius 2 is 1.85 bits per heavy atom. The van der Waals surface area contributed by atoms with Gasteiger partial charge < -0.3 is 0 Å². The van der Waals surface area contributed by atoms with Crippen LogP contribution in [0.4, 0.5) is 0 Å². The Bertz CT molecular complexity index is 502. The largest absolute Gasteiger partial charge is 0.299 e. The van der Waals surface area contributed by atoms with Crippen LogP contribution in [0.2, 0.25) is 0 Å². The Morgan fingerprint density at radius 3 is 2.45 bits per heavy atom. The number of fused-ring (bicyclic) bond motifs is 2. The summed E-state index contributed by atoms with van der Waals surface area (Å²) in [7, 11) is 0. The molecule has 1 aromatic carbocycles. The van der Waals surface area contributed by atoms with E-state index in [9.17, 15) is 4.79 Å². The Labute approximate surface area is 122 Å². The van der Waals surface area contributed by atoms with Gasteiger partial charge in [0.1, 0.15) is 5.78 Å². The summed E-state index contributed by atoms with van der Waals surface area (Å²) in [5.74, 6) is 1.51. The summed E-state index contributed by atoms with van der Waals surface area (Å²) in [6, 6.07) is 10.6. The van der Waals surface area contributed by atoms with Crippen molar-refractivity contribution in [2.24, 2.45) is 22.7 Å². The van der Waals surface area contributed by atoms with E-state index in [1.807, 2.05) is 0 Å². The number of rotatable bonds is 4. The predicted octanol–water partition coefficient (Wildman–Crippen LogP) is 4.65. The lowest BCUT2D eigenvalue weighted by atomic mass is 9.70. The molecular weight excluding hydrogens is 244 g/mol. The molecular formula is C19H26O. The normalized spacial score (nSPS) is 34.6. The summed E-state index contributed by atoms with van der Waals surface area (Å²) in [5, 5.41) is 0. The van der Waals surface area contributed by atoms with Gasteiger partial charge in [-0.15, -0.1) is 0 Å². The standard InChI is InChI=1S/C19H26O/c1-18(2)16-12-13-19(18,3)17(20)15(16)11-7-10-14-8-5-4-6-9-14/h4-6,8-9,15-16H,7,10-13H2,1-3H3/t15-,16+,19+/m1/s1. The van der Waals surface area contributed by atoms with E-state index >= 15 is 0 Å². The predicted molar refractivity (Wildman–Crippen MR) is 82.5 cm³/mol. The van der Waals surface area contributed by atoms with E-state index in [0.29, 0.717) is 17.6 Å². The second-order valence-electron chi connectivity index (χ2n) is 7.55. The molecule has 3 atom stereocenters.